The van der Waals surface area contributed by atoms with Crippen LogP contribution in [0, 0.1) is 10.8 Å². The fraction of sp³-hybridized carbons (Fsp3) is 1.00. The van der Waals surface area contributed by atoms with E-state index in [-0.39, 0.29) is 10.8 Å². The van der Waals surface area contributed by atoms with E-state index in [4.69, 9.17) is 0 Å². The van der Waals surface area contributed by atoms with Gasteiger partial charge in [-0.25, -0.2) is 0 Å². The lowest BCUT2D eigenvalue weighted by atomic mass is 9.77. The molecule has 0 aliphatic heterocycles. The van der Waals surface area contributed by atoms with Gasteiger partial charge >= 0.3 is 0 Å². The van der Waals surface area contributed by atoms with Crippen LogP contribution >= 0.6 is 0 Å². The topological polar surface area (TPSA) is 54.4 Å². The lowest BCUT2D eigenvalue weighted by Gasteiger charge is -2.42. The van der Waals surface area contributed by atoms with Crippen LogP contribution in [0.15, 0.2) is 0 Å². The predicted molar refractivity (Wildman–Crippen MR) is 76.8 cm³/mol. The lowest BCUT2D eigenvalue weighted by Crippen LogP contribution is -2.39. The number of hydrogen-bond donors (Lipinski definition) is 1. The van der Waals surface area contributed by atoms with E-state index >= 15 is 0 Å². The van der Waals surface area contributed by atoms with Gasteiger partial charge in [0.25, 0.3) is 10.1 Å². The van der Waals surface area contributed by atoms with E-state index in [9.17, 15) is 13.0 Å². The summed E-state index contributed by atoms with van der Waals surface area (Å²) >= 11 is 0. The first kappa shape index (κ1) is 17.1. The van der Waals surface area contributed by atoms with Crippen LogP contribution in [-0.4, -0.2) is 27.4 Å². The molecule has 0 aromatic carbocycles. The zero-order valence-corrected chi connectivity index (χ0v) is 14.5. The summed E-state index contributed by atoms with van der Waals surface area (Å²) in [6, 6.07) is 0. The summed E-state index contributed by atoms with van der Waals surface area (Å²) in [6.45, 7) is 14.8. The summed E-state index contributed by atoms with van der Waals surface area (Å²) in [4.78, 5) is -0.508. The van der Waals surface area contributed by atoms with Crippen molar-refractivity contribution in [3.05, 3.63) is 0 Å². The minimum atomic E-state index is -3.87. The Morgan fingerprint density at radius 1 is 1.06 bits per heavy atom. The first-order chi connectivity index (χ1) is 7.30. The van der Waals surface area contributed by atoms with Gasteiger partial charge in [-0.3, -0.25) is 4.55 Å². The molecule has 17 heavy (non-hydrogen) atoms. The van der Waals surface area contributed by atoms with Crippen molar-refractivity contribution in [1.82, 2.24) is 0 Å². The Labute approximate surface area is 109 Å². The van der Waals surface area contributed by atoms with Gasteiger partial charge < -0.3 is 0 Å². The van der Waals surface area contributed by atoms with Crippen LogP contribution in [-0.2, 0) is 10.1 Å². The second kappa shape index (κ2) is 5.41. The predicted octanol–water partition coefficient (Wildman–Crippen LogP) is 2.66. The molecule has 0 amide bonds. The van der Waals surface area contributed by atoms with Crippen molar-refractivity contribution in [2.24, 2.45) is 10.8 Å². The van der Waals surface area contributed by atoms with Crippen molar-refractivity contribution in [3.8, 4) is 0 Å². The highest BCUT2D eigenvalue weighted by Gasteiger charge is 2.38. The second-order valence-electron chi connectivity index (χ2n) is 7.07. The van der Waals surface area contributed by atoms with E-state index in [1.807, 2.05) is 6.92 Å². The van der Waals surface area contributed by atoms with Gasteiger partial charge in [0.2, 0.25) is 0 Å². The molecule has 0 fully saturated rings. The molecule has 0 heterocycles. The zero-order chi connectivity index (χ0) is 14.1. The molecular formula is C12H28O3SSi. The minimum absolute atomic E-state index is 0.0859. The molecule has 104 valence electrons. The monoisotopic (exact) mass is 280 g/mol. The van der Waals surface area contributed by atoms with Crippen LogP contribution in [0.5, 0.6) is 0 Å². The van der Waals surface area contributed by atoms with Gasteiger partial charge in [0.1, 0.15) is 0 Å². The third kappa shape index (κ3) is 5.53. The van der Waals surface area contributed by atoms with Gasteiger partial charge in [0.05, 0.1) is 4.87 Å². The highest BCUT2D eigenvalue weighted by atomic mass is 32.2. The Balaban J connectivity index is 5.14. The Bertz CT molecular complexity index is 322. The minimum Gasteiger partial charge on any atom is -0.286 e. The van der Waals surface area contributed by atoms with E-state index in [2.05, 4.69) is 41.5 Å². The molecule has 3 nitrogen and oxygen atoms in total. The lowest BCUT2D eigenvalue weighted by molar-refractivity contribution is 0.231. The van der Waals surface area contributed by atoms with E-state index < -0.39 is 24.5 Å². The maximum Gasteiger partial charge on any atom is 0.264 e. The molecule has 5 heteroatoms. The van der Waals surface area contributed by atoms with Crippen LogP contribution in [0.4, 0.5) is 0 Å². The van der Waals surface area contributed by atoms with Gasteiger partial charge in [0.15, 0.2) is 0 Å². The molecule has 0 rings (SSSR count). The molecule has 0 bridgehead atoms. The van der Waals surface area contributed by atoms with Gasteiger partial charge in [-0.1, -0.05) is 48.5 Å². The number of rotatable bonds is 4. The molecule has 0 aromatic rings. The smallest absolute Gasteiger partial charge is 0.264 e. The van der Waals surface area contributed by atoms with Crippen molar-refractivity contribution in [2.45, 2.75) is 65.3 Å². The summed E-state index contributed by atoms with van der Waals surface area (Å²) in [6.07, 6.45) is 0.522. The van der Waals surface area contributed by atoms with E-state index in [0.29, 0.717) is 12.0 Å². The molecule has 0 aromatic heterocycles. The largest absolute Gasteiger partial charge is 0.286 e. The molecule has 1 N–H and O–H groups in total. The van der Waals surface area contributed by atoms with E-state index in [1.165, 1.54) is 0 Å². The van der Waals surface area contributed by atoms with Crippen LogP contribution in [0.2, 0.25) is 5.54 Å². The third-order valence-corrected chi connectivity index (χ3v) is 10.5. The molecule has 0 aliphatic rings. The van der Waals surface area contributed by atoms with E-state index in [0.717, 1.165) is 0 Å². The Morgan fingerprint density at radius 2 is 1.41 bits per heavy atom. The van der Waals surface area contributed by atoms with Crippen LogP contribution in [0.3, 0.4) is 0 Å². The Morgan fingerprint density at radius 3 is 1.59 bits per heavy atom. The zero-order valence-electron chi connectivity index (χ0n) is 12.2. The third-order valence-electron chi connectivity index (χ3n) is 3.47. The van der Waals surface area contributed by atoms with Crippen molar-refractivity contribution in [3.63, 3.8) is 0 Å². The molecule has 0 aliphatic carbocycles. The SMILES string of the molecule is CCC([SiH2]C(C(C)(C)C)C(C)(C)C)S(=O)(=O)O. The summed E-state index contributed by atoms with van der Waals surface area (Å²) in [5, 5.41) is 0. The van der Waals surface area contributed by atoms with Crippen LogP contribution in [0.1, 0.15) is 54.9 Å². The standard InChI is InChI=1S/C12H28O3SSi/c1-8-9(16(13,14)15)17-10(11(2,3)4)12(5,6)7/h9-10H,8,17H2,1-7H3,(H,13,14,15). The molecular weight excluding hydrogens is 252 g/mol. The first-order valence-corrected chi connectivity index (χ1v) is 9.40. The fourth-order valence-corrected chi connectivity index (χ4v) is 7.01. The van der Waals surface area contributed by atoms with Gasteiger partial charge in [-0.05, 0) is 22.8 Å². The highest BCUT2D eigenvalue weighted by Crippen LogP contribution is 2.45. The first-order valence-electron chi connectivity index (χ1n) is 6.26. The summed E-state index contributed by atoms with van der Waals surface area (Å²) in [5.74, 6) is 0. The van der Waals surface area contributed by atoms with Gasteiger partial charge in [-0.2, -0.15) is 8.42 Å². The summed E-state index contributed by atoms with van der Waals surface area (Å²) in [7, 11) is -4.78. The maximum absolute atomic E-state index is 11.3. The number of hydrogen-bond acceptors (Lipinski definition) is 2. The van der Waals surface area contributed by atoms with Gasteiger partial charge in [-0.15, -0.1) is 0 Å². The highest BCUT2D eigenvalue weighted by molar-refractivity contribution is 7.87. The van der Waals surface area contributed by atoms with Crippen molar-refractivity contribution in [2.75, 3.05) is 0 Å². The second-order valence-corrected chi connectivity index (χ2v) is 11.6. The molecule has 0 saturated heterocycles. The van der Waals surface area contributed by atoms with Crippen LogP contribution < -0.4 is 0 Å². The molecule has 0 saturated carbocycles. The van der Waals surface area contributed by atoms with E-state index in [1.54, 1.807) is 0 Å². The average molecular weight is 281 g/mol. The van der Waals surface area contributed by atoms with Crippen LogP contribution in [0.25, 0.3) is 0 Å². The fourth-order valence-electron chi connectivity index (χ4n) is 2.77. The quantitative estimate of drug-likeness (QED) is 0.636. The summed E-state index contributed by atoms with van der Waals surface area (Å²) < 4.78 is 31.9. The average Bonchev–Trinajstić information content (AvgIpc) is 1.97. The molecule has 1 unspecified atom stereocenters. The molecule has 1 atom stereocenters. The van der Waals surface area contributed by atoms with Crippen molar-refractivity contribution in [1.29, 1.82) is 0 Å². The van der Waals surface area contributed by atoms with Crippen molar-refractivity contribution >= 4 is 19.6 Å². The van der Waals surface area contributed by atoms with Gasteiger partial charge in [0, 0.05) is 9.52 Å². The maximum atomic E-state index is 11.3. The molecule has 0 radical (unpaired) electrons. The Hall–Kier alpha value is 0.127. The Kier molecular flexibility index (Phi) is 5.45. The summed E-state index contributed by atoms with van der Waals surface area (Å²) in [5.41, 5.74) is 0.549. The molecule has 0 spiro atoms. The normalized spacial score (nSPS) is 17.0. The van der Waals surface area contributed by atoms with Crippen molar-refractivity contribution < 1.29 is 13.0 Å².